The topological polar surface area (TPSA) is 89.9 Å². The first-order chi connectivity index (χ1) is 6.11. The largest absolute Gasteiger partial charge is 0.481 e. The van der Waals surface area contributed by atoms with Crippen molar-refractivity contribution >= 4 is 11.9 Å². The van der Waals surface area contributed by atoms with Crippen molar-refractivity contribution in [3.8, 4) is 0 Å². The van der Waals surface area contributed by atoms with Gasteiger partial charge in [-0.05, 0) is 0 Å². The van der Waals surface area contributed by atoms with E-state index in [1.54, 1.807) is 12.3 Å². The summed E-state index contributed by atoms with van der Waals surface area (Å²) in [4.78, 5) is 20.9. The molecule has 0 fully saturated rings. The van der Waals surface area contributed by atoms with Gasteiger partial charge in [0.2, 0.25) is 0 Å². The number of hydrogen-bond acceptors (Lipinski definition) is 4. The summed E-state index contributed by atoms with van der Waals surface area (Å²) < 4.78 is 0. The molecule has 0 aliphatic carbocycles. The van der Waals surface area contributed by atoms with E-state index in [9.17, 15) is 9.59 Å². The first kappa shape index (κ1) is 9.53. The molecule has 0 saturated carbocycles. The van der Waals surface area contributed by atoms with Crippen molar-refractivity contribution in [3.63, 3.8) is 0 Å². The Balaban J connectivity index is 2.47. The average Bonchev–Trinajstić information content (AvgIpc) is 2.50. The molecule has 0 radical (unpaired) electrons. The Labute approximate surface area is 74.4 Å². The van der Waals surface area contributed by atoms with Gasteiger partial charge in [-0.15, -0.1) is 0 Å². The van der Waals surface area contributed by atoms with Crippen LogP contribution < -0.4 is 5.43 Å². The van der Waals surface area contributed by atoms with Gasteiger partial charge in [0, 0.05) is 19.3 Å². The monoisotopic (exact) mass is 186 g/mol. The predicted octanol–water partition coefficient (Wildman–Crippen LogP) is -0.894. The average molecular weight is 186 g/mol. The van der Waals surface area contributed by atoms with Gasteiger partial charge in [-0.1, -0.05) is 6.08 Å². The van der Waals surface area contributed by atoms with E-state index in [-0.39, 0.29) is 6.54 Å². The van der Waals surface area contributed by atoms with E-state index in [1.807, 2.05) is 0 Å². The molecule has 0 aromatic heterocycles. The summed E-state index contributed by atoms with van der Waals surface area (Å²) in [5.41, 5.74) is 2.72. The normalized spacial score (nSPS) is 16.1. The maximum atomic E-state index is 10.5. The molecular formula is C7H10N2O4. The van der Waals surface area contributed by atoms with Gasteiger partial charge >= 0.3 is 11.9 Å². The molecule has 1 aliphatic heterocycles. The van der Waals surface area contributed by atoms with Crippen LogP contribution in [0.4, 0.5) is 0 Å². The number of carboxylic acids is 2. The molecule has 0 saturated heterocycles. The van der Waals surface area contributed by atoms with Crippen LogP contribution in [0.5, 0.6) is 0 Å². The number of hydrogen-bond donors (Lipinski definition) is 3. The molecule has 1 rings (SSSR count). The number of nitrogens with one attached hydrogen (secondary N) is 1. The quantitative estimate of drug-likeness (QED) is 0.493. The van der Waals surface area contributed by atoms with Crippen LogP contribution in [0.25, 0.3) is 0 Å². The van der Waals surface area contributed by atoms with Gasteiger partial charge in [0.15, 0.2) is 5.92 Å². The van der Waals surface area contributed by atoms with Crippen molar-refractivity contribution in [1.29, 1.82) is 0 Å². The summed E-state index contributed by atoms with van der Waals surface area (Å²) >= 11 is 0. The third kappa shape index (κ3) is 2.45. The third-order valence-electron chi connectivity index (χ3n) is 1.70. The van der Waals surface area contributed by atoms with Crippen molar-refractivity contribution in [2.75, 3.05) is 13.1 Å². The molecule has 6 nitrogen and oxygen atoms in total. The maximum absolute atomic E-state index is 10.5. The van der Waals surface area contributed by atoms with E-state index in [0.29, 0.717) is 6.54 Å². The third-order valence-corrected chi connectivity index (χ3v) is 1.70. The summed E-state index contributed by atoms with van der Waals surface area (Å²) in [5, 5.41) is 18.6. The van der Waals surface area contributed by atoms with Crippen LogP contribution in [0.1, 0.15) is 0 Å². The standard InChI is InChI=1S/C7H10N2O4/c10-6(11)5(7(12)13)4-9-3-1-2-8-9/h1-2,5,8H,3-4H2,(H,10,11)(H,12,13). The Morgan fingerprint density at radius 1 is 1.46 bits per heavy atom. The fourth-order valence-corrected chi connectivity index (χ4v) is 1.00. The molecule has 0 amide bonds. The number of aliphatic carboxylic acids is 2. The van der Waals surface area contributed by atoms with Crippen molar-refractivity contribution in [3.05, 3.63) is 12.3 Å². The second-order valence-corrected chi connectivity index (χ2v) is 2.67. The highest BCUT2D eigenvalue weighted by molar-refractivity contribution is 5.93. The zero-order valence-corrected chi connectivity index (χ0v) is 6.80. The van der Waals surface area contributed by atoms with E-state index >= 15 is 0 Å². The van der Waals surface area contributed by atoms with Crippen LogP contribution in [0.15, 0.2) is 12.3 Å². The van der Waals surface area contributed by atoms with Gasteiger partial charge in [0.25, 0.3) is 0 Å². The minimum Gasteiger partial charge on any atom is -0.481 e. The molecule has 0 spiro atoms. The summed E-state index contributed by atoms with van der Waals surface area (Å²) in [6, 6.07) is 0. The fourth-order valence-electron chi connectivity index (χ4n) is 1.00. The fraction of sp³-hybridized carbons (Fsp3) is 0.429. The summed E-state index contributed by atoms with van der Waals surface area (Å²) in [5.74, 6) is -4.02. The second kappa shape index (κ2) is 3.90. The highest BCUT2D eigenvalue weighted by atomic mass is 16.4. The van der Waals surface area contributed by atoms with Crippen LogP contribution in [0, 0.1) is 5.92 Å². The molecule has 3 N–H and O–H groups in total. The van der Waals surface area contributed by atoms with E-state index in [4.69, 9.17) is 10.2 Å². The number of carbonyl (C=O) groups is 2. The Bertz CT molecular complexity index is 229. The van der Waals surface area contributed by atoms with E-state index in [1.165, 1.54) is 5.01 Å². The van der Waals surface area contributed by atoms with Crippen molar-refractivity contribution in [2.45, 2.75) is 0 Å². The lowest BCUT2D eigenvalue weighted by Gasteiger charge is -2.17. The van der Waals surface area contributed by atoms with Gasteiger partial charge < -0.3 is 15.6 Å². The predicted molar refractivity (Wildman–Crippen MR) is 42.6 cm³/mol. The van der Waals surface area contributed by atoms with Crippen LogP contribution in [-0.4, -0.2) is 40.3 Å². The second-order valence-electron chi connectivity index (χ2n) is 2.67. The molecule has 72 valence electrons. The molecule has 13 heavy (non-hydrogen) atoms. The smallest absolute Gasteiger partial charge is 0.319 e. The zero-order valence-electron chi connectivity index (χ0n) is 6.80. The maximum Gasteiger partial charge on any atom is 0.319 e. The molecule has 1 aliphatic rings. The number of nitrogens with zero attached hydrogens (tertiary/aromatic N) is 1. The van der Waals surface area contributed by atoms with Crippen molar-refractivity contribution in [1.82, 2.24) is 10.4 Å². The van der Waals surface area contributed by atoms with Crippen LogP contribution in [0.3, 0.4) is 0 Å². The highest BCUT2D eigenvalue weighted by Gasteiger charge is 2.28. The molecule has 0 aromatic rings. The Hall–Kier alpha value is -1.56. The first-order valence-corrected chi connectivity index (χ1v) is 3.73. The van der Waals surface area contributed by atoms with Gasteiger partial charge in [-0.2, -0.15) is 0 Å². The molecule has 0 bridgehead atoms. The summed E-state index contributed by atoms with van der Waals surface area (Å²) in [6.45, 7) is 0.481. The van der Waals surface area contributed by atoms with Crippen molar-refractivity contribution in [2.24, 2.45) is 5.92 Å². The molecule has 0 atom stereocenters. The lowest BCUT2D eigenvalue weighted by Crippen LogP contribution is -2.40. The molecule has 1 heterocycles. The summed E-state index contributed by atoms with van der Waals surface area (Å²) in [6.07, 6.45) is 3.42. The van der Waals surface area contributed by atoms with Gasteiger partial charge in [-0.3, -0.25) is 9.59 Å². The Kier molecular flexibility index (Phi) is 2.86. The Morgan fingerprint density at radius 2 is 2.08 bits per heavy atom. The van der Waals surface area contributed by atoms with E-state index in [2.05, 4.69) is 5.43 Å². The lowest BCUT2D eigenvalue weighted by molar-refractivity contribution is -0.155. The zero-order chi connectivity index (χ0) is 9.84. The number of rotatable bonds is 4. The first-order valence-electron chi connectivity index (χ1n) is 3.73. The van der Waals surface area contributed by atoms with Crippen LogP contribution >= 0.6 is 0 Å². The van der Waals surface area contributed by atoms with Gasteiger partial charge in [0.05, 0.1) is 0 Å². The van der Waals surface area contributed by atoms with Crippen LogP contribution in [-0.2, 0) is 9.59 Å². The molecule has 6 heteroatoms. The number of hydrazine groups is 1. The highest BCUT2D eigenvalue weighted by Crippen LogP contribution is 2.02. The minimum atomic E-state index is -1.38. The SMILES string of the molecule is O=C(O)C(CN1CC=CN1)C(=O)O. The van der Waals surface area contributed by atoms with E-state index < -0.39 is 17.9 Å². The van der Waals surface area contributed by atoms with Crippen molar-refractivity contribution < 1.29 is 19.8 Å². The minimum absolute atomic E-state index is 0.0440. The van der Waals surface area contributed by atoms with E-state index in [0.717, 1.165) is 0 Å². The summed E-state index contributed by atoms with van der Waals surface area (Å²) in [7, 11) is 0. The molecule has 0 unspecified atom stereocenters. The van der Waals surface area contributed by atoms with Crippen LogP contribution in [0.2, 0.25) is 0 Å². The lowest BCUT2D eigenvalue weighted by atomic mass is 10.1. The molecule has 0 aromatic carbocycles. The Morgan fingerprint density at radius 3 is 2.46 bits per heavy atom. The van der Waals surface area contributed by atoms with Gasteiger partial charge in [-0.25, -0.2) is 5.01 Å². The number of carboxylic acid groups (broad SMARTS) is 2. The van der Waals surface area contributed by atoms with Gasteiger partial charge in [0.1, 0.15) is 0 Å². The molecular weight excluding hydrogens is 176 g/mol.